The maximum atomic E-state index is 5.05. The lowest BCUT2D eigenvalue weighted by Crippen LogP contribution is -2.42. The molecule has 1 saturated carbocycles. The third-order valence-corrected chi connectivity index (χ3v) is 4.17. The Morgan fingerprint density at radius 1 is 1.41 bits per heavy atom. The Morgan fingerprint density at radius 3 is 2.76 bits per heavy atom. The summed E-state index contributed by atoms with van der Waals surface area (Å²) >= 11 is 0. The highest BCUT2D eigenvalue weighted by Gasteiger charge is 2.43. The number of guanidine groups is 1. The van der Waals surface area contributed by atoms with E-state index in [1.54, 1.807) is 7.11 Å². The molecule has 1 N–H and O–H groups in total. The van der Waals surface area contributed by atoms with Gasteiger partial charge in [-0.2, -0.15) is 0 Å². The summed E-state index contributed by atoms with van der Waals surface area (Å²) in [6.45, 7) is 4.14. The average molecular weight is 239 g/mol. The summed E-state index contributed by atoms with van der Waals surface area (Å²) in [5.41, 5.74) is 0.643. The van der Waals surface area contributed by atoms with Crippen LogP contribution in [0.2, 0.25) is 0 Å². The van der Waals surface area contributed by atoms with E-state index in [4.69, 9.17) is 4.74 Å². The first-order valence-electron chi connectivity index (χ1n) is 6.74. The third-order valence-electron chi connectivity index (χ3n) is 4.17. The van der Waals surface area contributed by atoms with Crippen LogP contribution < -0.4 is 5.32 Å². The molecule has 1 aliphatic heterocycles. The minimum absolute atomic E-state index is 0.643. The molecule has 2 aliphatic rings. The largest absolute Gasteiger partial charge is 0.385 e. The van der Waals surface area contributed by atoms with Gasteiger partial charge >= 0.3 is 0 Å². The van der Waals surface area contributed by atoms with Gasteiger partial charge in [-0.05, 0) is 31.1 Å². The molecule has 0 unspecified atom stereocenters. The lowest BCUT2D eigenvalue weighted by Gasteiger charge is -2.38. The first-order chi connectivity index (χ1) is 8.29. The fraction of sp³-hybridized carbons (Fsp3) is 0.923. The fourth-order valence-electron chi connectivity index (χ4n) is 2.95. The van der Waals surface area contributed by atoms with Crippen LogP contribution in [0.15, 0.2) is 4.99 Å². The Morgan fingerprint density at radius 2 is 2.24 bits per heavy atom. The molecule has 0 amide bonds. The normalized spacial score (nSPS) is 22.9. The molecule has 0 aromatic heterocycles. The van der Waals surface area contributed by atoms with Gasteiger partial charge in [0.1, 0.15) is 0 Å². The zero-order valence-corrected chi connectivity index (χ0v) is 11.2. The third kappa shape index (κ3) is 2.92. The summed E-state index contributed by atoms with van der Waals surface area (Å²) in [4.78, 5) is 6.80. The molecule has 98 valence electrons. The second-order valence-corrected chi connectivity index (χ2v) is 5.35. The molecule has 2 rings (SSSR count). The minimum atomic E-state index is 0.643. The highest BCUT2D eigenvalue weighted by Crippen LogP contribution is 2.47. The van der Waals surface area contributed by atoms with E-state index in [0.29, 0.717) is 5.41 Å². The number of aliphatic imine (C=N–C) groups is 1. The van der Waals surface area contributed by atoms with Crippen LogP contribution in [0.4, 0.5) is 0 Å². The van der Waals surface area contributed by atoms with Crippen LogP contribution in [0, 0.1) is 5.41 Å². The summed E-state index contributed by atoms with van der Waals surface area (Å²) in [6, 6.07) is 0. The van der Waals surface area contributed by atoms with E-state index in [1.807, 2.05) is 7.05 Å². The number of hydrogen-bond acceptors (Lipinski definition) is 2. The lowest BCUT2D eigenvalue weighted by molar-refractivity contribution is 0.151. The average Bonchev–Trinajstić information content (AvgIpc) is 2.74. The molecule has 0 aromatic carbocycles. The molecule has 0 atom stereocenters. The van der Waals surface area contributed by atoms with Gasteiger partial charge in [0.25, 0.3) is 0 Å². The molecule has 4 nitrogen and oxygen atoms in total. The van der Waals surface area contributed by atoms with Crippen molar-refractivity contribution in [2.45, 2.75) is 32.1 Å². The van der Waals surface area contributed by atoms with Crippen molar-refractivity contribution in [2.75, 3.05) is 40.4 Å². The van der Waals surface area contributed by atoms with E-state index in [0.717, 1.165) is 25.5 Å². The van der Waals surface area contributed by atoms with Gasteiger partial charge in [0.15, 0.2) is 5.96 Å². The maximum Gasteiger partial charge on any atom is 0.193 e. The Balaban J connectivity index is 1.75. The predicted octanol–water partition coefficient (Wildman–Crippen LogP) is 1.47. The van der Waals surface area contributed by atoms with Gasteiger partial charge in [0.2, 0.25) is 0 Å². The highest BCUT2D eigenvalue weighted by atomic mass is 16.5. The highest BCUT2D eigenvalue weighted by molar-refractivity contribution is 5.80. The fourth-order valence-corrected chi connectivity index (χ4v) is 2.95. The van der Waals surface area contributed by atoms with Crippen molar-refractivity contribution in [1.29, 1.82) is 0 Å². The van der Waals surface area contributed by atoms with Crippen LogP contribution >= 0.6 is 0 Å². The topological polar surface area (TPSA) is 36.9 Å². The molecule has 0 radical (unpaired) electrons. The van der Waals surface area contributed by atoms with Gasteiger partial charge in [0.05, 0.1) is 0 Å². The van der Waals surface area contributed by atoms with E-state index in [9.17, 15) is 0 Å². The number of nitrogens with zero attached hydrogens (tertiary/aromatic N) is 2. The summed E-state index contributed by atoms with van der Waals surface area (Å²) in [5.74, 6) is 1.07. The summed E-state index contributed by atoms with van der Waals surface area (Å²) in [6.07, 6.45) is 6.66. The SMILES string of the molecule is CN=C(NCCCOC)N1CCC2(CCC2)C1. The molecule has 0 bridgehead atoms. The molecule has 1 spiro atoms. The summed E-state index contributed by atoms with van der Waals surface area (Å²) in [5, 5.41) is 3.43. The first kappa shape index (κ1) is 12.7. The van der Waals surface area contributed by atoms with Crippen molar-refractivity contribution in [2.24, 2.45) is 10.4 Å². The zero-order chi connectivity index (χ0) is 12.1. The standard InChI is InChI=1S/C13H25N3O/c1-14-12(15-8-4-10-17-2)16-9-7-13(11-16)5-3-6-13/h3-11H2,1-2H3,(H,14,15). The lowest BCUT2D eigenvalue weighted by atomic mass is 9.68. The number of rotatable bonds is 4. The van der Waals surface area contributed by atoms with Crippen molar-refractivity contribution < 1.29 is 4.74 Å². The molecule has 1 heterocycles. The van der Waals surface area contributed by atoms with Crippen molar-refractivity contribution in [3.8, 4) is 0 Å². The van der Waals surface area contributed by atoms with Gasteiger partial charge in [0, 0.05) is 40.4 Å². The van der Waals surface area contributed by atoms with Gasteiger partial charge in [-0.3, -0.25) is 4.99 Å². The van der Waals surface area contributed by atoms with Gasteiger partial charge in [-0.25, -0.2) is 0 Å². The summed E-state index contributed by atoms with van der Waals surface area (Å²) < 4.78 is 5.05. The zero-order valence-electron chi connectivity index (χ0n) is 11.2. The second-order valence-electron chi connectivity index (χ2n) is 5.35. The van der Waals surface area contributed by atoms with Crippen LogP contribution in [0.1, 0.15) is 32.1 Å². The molecule has 1 saturated heterocycles. The summed E-state index contributed by atoms with van der Waals surface area (Å²) in [7, 11) is 3.63. The van der Waals surface area contributed by atoms with Crippen LogP contribution in [0.25, 0.3) is 0 Å². The first-order valence-corrected chi connectivity index (χ1v) is 6.74. The number of nitrogens with one attached hydrogen (secondary N) is 1. The number of hydrogen-bond donors (Lipinski definition) is 1. The van der Waals surface area contributed by atoms with E-state index in [-0.39, 0.29) is 0 Å². The van der Waals surface area contributed by atoms with Crippen LogP contribution in [0.5, 0.6) is 0 Å². The maximum absolute atomic E-state index is 5.05. The Hall–Kier alpha value is -0.770. The molecule has 2 fully saturated rings. The van der Waals surface area contributed by atoms with Gasteiger partial charge in [-0.15, -0.1) is 0 Å². The van der Waals surface area contributed by atoms with Gasteiger partial charge in [-0.1, -0.05) is 6.42 Å². The van der Waals surface area contributed by atoms with Crippen molar-refractivity contribution in [1.82, 2.24) is 10.2 Å². The van der Waals surface area contributed by atoms with E-state index >= 15 is 0 Å². The quantitative estimate of drug-likeness (QED) is 0.458. The van der Waals surface area contributed by atoms with Crippen molar-refractivity contribution in [3.63, 3.8) is 0 Å². The Bertz CT molecular complexity index is 274. The number of methoxy groups -OCH3 is 1. The van der Waals surface area contributed by atoms with Crippen molar-refractivity contribution in [3.05, 3.63) is 0 Å². The van der Waals surface area contributed by atoms with Gasteiger partial charge < -0.3 is 15.0 Å². The molecule has 4 heteroatoms. The van der Waals surface area contributed by atoms with Crippen molar-refractivity contribution >= 4 is 5.96 Å². The number of ether oxygens (including phenoxy) is 1. The van der Waals surface area contributed by atoms with E-state index in [1.165, 1.54) is 38.8 Å². The van der Waals surface area contributed by atoms with Crippen LogP contribution in [-0.2, 0) is 4.74 Å². The van der Waals surface area contributed by atoms with Crippen LogP contribution in [-0.4, -0.2) is 51.3 Å². The monoisotopic (exact) mass is 239 g/mol. The molecule has 17 heavy (non-hydrogen) atoms. The van der Waals surface area contributed by atoms with Crippen LogP contribution in [0.3, 0.4) is 0 Å². The number of likely N-dealkylation sites (tertiary alicyclic amines) is 1. The molecule has 0 aromatic rings. The smallest absolute Gasteiger partial charge is 0.193 e. The second kappa shape index (κ2) is 5.71. The predicted molar refractivity (Wildman–Crippen MR) is 70.3 cm³/mol. The van der Waals surface area contributed by atoms with E-state index in [2.05, 4.69) is 15.2 Å². The molecule has 1 aliphatic carbocycles. The molecular formula is C13H25N3O. The molecular weight excluding hydrogens is 214 g/mol. The minimum Gasteiger partial charge on any atom is -0.385 e. The Kier molecular flexibility index (Phi) is 4.26. The Labute approximate surface area is 104 Å². The van der Waals surface area contributed by atoms with E-state index < -0.39 is 0 Å².